The number of benzene rings is 2. The van der Waals surface area contributed by atoms with Crippen LogP contribution in [0.3, 0.4) is 0 Å². The number of carboxylic acid groups (broad SMARTS) is 2. The summed E-state index contributed by atoms with van der Waals surface area (Å²) in [5, 5.41) is 50.3. The predicted octanol–water partition coefficient (Wildman–Crippen LogP) is 1.59. The molecule has 0 heterocycles. The van der Waals surface area contributed by atoms with Gasteiger partial charge in [0.05, 0.1) is 0 Å². The number of phenolic OH excluding ortho intramolecular Hbond substituents is 3. The summed E-state index contributed by atoms with van der Waals surface area (Å²) in [4.78, 5) is 18.7. The molecular formula is C14H14O8. The van der Waals surface area contributed by atoms with E-state index in [9.17, 15) is 4.79 Å². The standard InChI is InChI=1S/C7H6O4.C6H6O2.CH2O2/c8-4-1-2-5(7(10)11)6(9)3-4;7-5-2-1-3-6(8)4-5;2-1-3/h1-3,8-9H,(H,10,11);1-4,7-8H;1H,(H,2,3). The van der Waals surface area contributed by atoms with Crippen LogP contribution in [-0.2, 0) is 4.79 Å². The zero-order valence-corrected chi connectivity index (χ0v) is 11.1. The van der Waals surface area contributed by atoms with Crippen molar-refractivity contribution in [3.63, 3.8) is 0 Å². The minimum absolute atomic E-state index is 0.0880. The fourth-order valence-corrected chi connectivity index (χ4v) is 1.19. The molecule has 22 heavy (non-hydrogen) atoms. The fourth-order valence-electron chi connectivity index (χ4n) is 1.19. The van der Waals surface area contributed by atoms with Crippen LogP contribution in [0.1, 0.15) is 10.4 Å². The zero-order chi connectivity index (χ0) is 17.1. The Kier molecular flexibility index (Phi) is 8.01. The van der Waals surface area contributed by atoms with Crippen molar-refractivity contribution in [2.24, 2.45) is 0 Å². The van der Waals surface area contributed by atoms with Crippen molar-refractivity contribution in [3.8, 4) is 23.0 Å². The monoisotopic (exact) mass is 310 g/mol. The number of carboxylic acids is 1. The molecule has 0 radical (unpaired) electrons. The maximum atomic E-state index is 10.3. The quantitative estimate of drug-likeness (QED) is 0.434. The molecule has 6 N–H and O–H groups in total. The first kappa shape index (κ1) is 18.6. The van der Waals surface area contributed by atoms with Crippen LogP contribution in [0.5, 0.6) is 23.0 Å². The van der Waals surface area contributed by atoms with Crippen LogP contribution in [-0.4, -0.2) is 43.1 Å². The van der Waals surface area contributed by atoms with Gasteiger partial charge in [-0.2, -0.15) is 0 Å². The van der Waals surface area contributed by atoms with Gasteiger partial charge in [0.2, 0.25) is 0 Å². The van der Waals surface area contributed by atoms with Crippen LogP contribution in [0.25, 0.3) is 0 Å². The lowest BCUT2D eigenvalue weighted by molar-refractivity contribution is -0.122. The zero-order valence-electron chi connectivity index (χ0n) is 11.1. The van der Waals surface area contributed by atoms with E-state index < -0.39 is 11.7 Å². The average molecular weight is 310 g/mol. The van der Waals surface area contributed by atoms with E-state index in [2.05, 4.69) is 0 Å². The third-order valence-electron chi connectivity index (χ3n) is 2.04. The highest BCUT2D eigenvalue weighted by atomic mass is 16.4. The second-order valence-corrected chi connectivity index (χ2v) is 3.63. The van der Waals surface area contributed by atoms with Crippen LogP contribution in [0.4, 0.5) is 0 Å². The van der Waals surface area contributed by atoms with E-state index in [0.717, 1.165) is 12.1 Å². The van der Waals surface area contributed by atoms with Gasteiger partial charge in [0.15, 0.2) is 0 Å². The van der Waals surface area contributed by atoms with Gasteiger partial charge in [0.1, 0.15) is 28.6 Å². The van der Waals surface area contributed by atoms with Gasteiger partial charge in [-0.1, -0.05) is 6.07 Å². The van der Waals surface area contributed by atoms with Gasteiger partial charge in [-0.05, 0) is 24.3 Å². The molecule has 0 amide bonds. The van der Waals surface area contributed by atoms with Crippen molar-refractivity contribution in [2.45, 2.75) is 0 Å². The number of carbonyl (C=O) groups is 2. The van der Waals surface area contributed by atoms with Crippen molar-refractivity contribution in [3.05, 3.63) is 48.0 Å². The summed E-state index contributed by atoms with van der Waals surface area (Å²) in [5.41, 5.74) is -0.220. The molecule has 0 aliphatic carbocycles. The van der Waals surface area contributed by atoms with Crippen LogP contribution >= 0.6 is 0 Å². The number of aromatic carboxylic acids is 1. The number of hydrogen-bond acceptors (Lipinski definition) is 6. The maximum absolute atomic E-state index is 10.3. The Morgan fingerprint density at radius 3 is 1.64 bits per heavy atom. The highest BCUT2D eigenvalue weighted by Crippen LogP contribution is 2.21. The molecular weight excluding hydrogens is 296 g/mol. The lowest BCUT2D eigenvalue weighted by atomic mass is 10.2. The molecule has 0 fully saturated rings. The van der Waals surface area contributed by atoms with Gasteiger partial charge in [-0.15, -0.1) is 0 Å². The van der Waals surface area contributed by atoms with Crippen molar-refractivity contribution in [2.75, 3.05) is 0 Å². The van der Waals surface area contributed by atoms with Gasteiger partial charge >= 0.3 is 5.97 Å². The Hall–Kier alpha value is -3.42. The van der Waals surface area contributed by atoms with Gasteiger partial charge in [0, 0.05) is 12.1 Å². The van der Waals surface area contributed by atoms with Gasteiger partial charge < -0.3 is 30.6 Å². The summed E-state index contributed by atoms with van der Waals surface area (Å²) < 4.78 is 0. The van der Waals surface area contributed by atoms with Gasteiger partial charge in [0.25, 0.3) is 6.47 Å². The summed E-state index contributed by atoms with van der Waals surface area (Å²) in [5.74, 6) is -1.64. The Morgan fingerprint density at radius 2 is 1.32 bits per heavy atom. The van der Waals surface area contributed by atoms with Crippen molar-refractivity contribution >= 4 is 12.4 Å². The molecule has 0 spiro atoms. The summed E-state index contributed by atoms with van der Waals surface area (Å²) in [6, 6.07) is 9.16. The van der Waals surface area contributed by atoms with E-state index in [1.165, 1.54) is 24.3 Å². The number of rotatable bonds is 1. The van der Waals surface area contributed by atoms with Gasteiger partial charge in [-0.3, -0.25) is 4.79 Å². The third-order valence-corrected chi connectivity index (χ3v) is 2.04. The van der Waals surface area contributed by atoms with E-state index in [-0.39, 0.29) is 29.3 Å². The molecule has 118 valence electrons. The third kappa shape index (κ3) is 7.24. The Balaban J connectivity index is 0.000000352. The largest absolute Gasteiger partial charge is 0.508 e. The van der Waals surface area contributed by atoms with Crippen molar-refractivity contribution < 1.29 is 40.2 Å². The molecule has 0 atom stereocenters. The van der Waals surface area contributed by atoms with Crippen molar-refractivity contribution in [1.82, 2.24) is 0 Å². The molecule has 8 heteroatoms. The summed E-state index contributed by atoms with van der Waals surface area (Å²) in [6.07, 6.45) is 0. The topological polar surface area (TPSA) is 156 Å². The van der Waals surface area contributed by atoms with E-state index in [0.29, 0.717) is 0 Å². The Bertz CT molecular complexity index is 607. The van der Waals surface area contributed by atoms with E-state index in [1.807, 2.05) is 0 Å². The number of phenols is 4. The molecule has 2 aromatic carbocycles. The summed E-state index contributed by atoms with van der Waals surface area (Å²) in [6.45, 7) is -0.250. The highest BCUT2D eigenvalue weighted by Gasteiger charge is 2.08. The maximum Gasteiger partial charge on any atom is 0.339 e. The van der Waals surface area contributed by atoms with Crippen molar-refractivity contribution in [1.29, 1.82) is 0 Å². The number of aromatic hydroxyl groups is 4. The first-order valence-corrected chi connectivity index (χ1v) is 5.63. The average Bonchev–Trinajstić information content (AvgIpc) is 2.39. The second-order valence-electron chi connectivity index (χ2n) is 3.63. The molecule has 2 aromatic rings. The van der Waals surface area contributed by atoms with Crippen LogP contribution < -0.4 is 0 Å². The summed E-state index contributed by atoms with van der Waals surface area (Å²) in [7, 11) is 0. The molecule has 0 saturated heterocycles. The molecule has 0 bridgehead atoms. The van der Waals surface area contributed by atoms with Crippen LogP contribution in [0.15, 0.2) is 42.5 Å². The van der Waals surface area contributed by atoms with E-state index in [1.54, 1.807) is 6.07 Å². The normalized spacial score (nSPS) is 8.55. The minimum atomic E-state index is -1.22. The van der Waals surface area contributed by atoms with E-state index in [4.69, 9.17) is 35.4 Å². The number of hydrogen-bond donors (Lipinski definition) is 6. The van der Waals surface area contributed by atoms with Crippen LogP contribution in [0, 0.1) is 0 Å². The fraction of sp³-hybridized carbons (Fsp3) is 0. The molecule has 2 rings (SSSR count). The minimum Gasteiger partial charge on any atom is -0.508 e. The summed E-state index contributed by atoms with van der Waals surface area (Å²) >= 11 is 0. The Morgan fingerprint density at radius 1 is 0.864 bits per heavy atom. The molecule has 8 nitrogen and oxygen atoms in total. The van der Waals surface area contributed by atoms with E-state index >= 15 is 0 Å². The molecule has 0 aromatic heterocycles. The second kappa shape index (κ2) is 9.48. The lowest BCUT2D eigenvalue weighted by Crippen LogP contribution is -1.95. The molecule has 0 saturated carbocycles. The SMILES string of the molecule is O=C(O)c1ccc(O)cc1O.O=CO.Oc1cccc(O)c1. The smallest absolute Gasteiger partial charge is 0.339 e. The van der Waals surface area contributed by atoms with Crippen LogP contribution in [0.2, 0.25) is 0 Å². The molecule has 0 aliphatic rings. The first-order chi connectivity index (χ1) is 10.3. The Labute approximate surface area is 124 Å². The first-order valence-electron chi connectivity index (χ1n) is 5.63. The lowest BCUT2D eigenvalue weighted by Gasteiger charge is -1.97. The molecule has 0 unspecified atom stereocenters. The van der Waals surface area contributed by atoms with Gasteiger partial charge in [-0.25, -0.2) is 4.79 Å². The predicted molar refractivity (Wildman–Crippen MR) is 75.2 cm³/mol. The molecule has 0 aliphatic heterocycles. The highest BCUT2D eigenvalue weighted by molar-refractivity contribution is 5.90.